The van der Waals surface area contributed by atoms with Crippen LogP contribution in [0.2, 0.25) is 0 Å². The molecule has 170 valence electrons. The molecule has 0 aromatic heterocycles. The van der Waals surface area contributed by atoms with Gasteiger partial charge in [0.1, 0.15) is 6.54 Å². The van der Waals surface area contributed by atoms with Gasteiger partial charge in [0, 0.05) is 17.7 Å². The predicted molar refractivity (Wildman–Crippen MR) is 112 cm³/mol. The molecule has 7 heteroatoms. The average molecular weight is 546 g/mol. The lowest BCUT2D eigenvalue weighted by atomic mass is 9.92. The van der Waals surface area contributed by atoms with E-state index in [1.54, 1.807) is 0 Å². The Morgan fingerprint density at radius 3 is 2.23 bits per heavy atom. The Bertz CT molecular complexity index is 860. The summed E-state index contributed by atoms with van der Waals surface area (Å²) in [6, 6.07) is 13.3. The quantitative estimate of drug-likeness (QED) is 0.438. The van der Waals surface area contributed by atoms with Crippen molar-refractivity contribution in [3.8, 4) is 0 Å². The number of hydrogen-bond donors (Lipinski definition) is 1. The Kier molecular flexibility index (Phi) is 8.94. The van der Waals surface area contributed by atoms with Gasteiger partial charge in [0.25, 0.3) is 5.91 Å². The maximum atomic E-state index is 12.8. The van der Waals surface area contributed by atoms with Crippen LogP contribution in [0.5, 0.6) is 0 Å². The van der Waals surface area contributed by atoms with Crippen molar-refractivity contribution in [1.29, 1.82) is 0 Å². The Morgan fingerprint density at radius 1 is 1.00 bits per heavy atom. The van der Waals surface area contributed by atoms with Crippen LogP contribution in [0.4, 0.5) is 13.2 Å². The Labute approximate surface area is 199 Å². The molecule has 0 radical (unpaired) electrons. The summed E-state index contributed by atoms with van der Waals surface area (Å²) in [5.74, 6) is -0.514. The third-order valence-corrected chi connectivity index (χ3v) is 6.08. The van der Waals surface area contributed by atoms with Crippen molar-refractivity contribution >= 4 is 5.91 Å². The molecule has 0 spiro atoms. The lowest BCUT2D eigenvalue weighted by molar-refractivity contribution is -0.929. The van der Waals surface area contributed by atoms with Crippen LogP contribution in [0.1, 0.15) is 59.2 Å². The zero-order valence-corrected chi connectivity index (χ0v) is 20.2. The monoisotopic (exact) mass is 546 g/mol. The number of nitrogens with one attached hydrogen (secondary N) is 1. The first kappa shape index (κ1) is 25.6. The van der Waals surface area contributed by atoms with Gasteiger partial charge in [-0.1, -0.05) is 36.8 Å². The first-order chi connectivity index (χ1) is 14.1. The highest BCUT2D eigenvalue weighted by atomic mass is 127. The first-order valence-electron chi connectivity index (χ1n) is 10.5. The van der Waals surface area contributed by atoms with E-state index in [9.17, 15) is 18.0 Å². The number of amides is 1. The second-order valence-corrected chi connectivity index (χ2v) is 8.81. The SMILES string of the molecule is C[N+](C)(Cc1ccc(CNC(=O)c2cccc(C(F)(F)F)c2)cc1)C1CCCCC1.[I-]. The summed E-state index contributed by atoms with van der Waals surface area (Å²) >= 11 is 0. The van der Waals surface area contributed by atoms with Gasteiger partial charge in [-0.3, -0.25) is 4.79 Å². The van der Waals surface area contributed by atoms with E-state index < -0.39 is 17.6 Å². The number of quaternary nitrogens is 1. The van der Waals surface area contributed by atoms with E-state index in [0.29, 0.717) is 6.04 Å². The lowest BCUT2D eigenvalue weighted by Crippen LogP contribution is -3.00. The van der Waals surface area contributed by atoms with Gasteiger partial charge in [0.15, 0.2) is 0 Å². The second kappa shape index (κ2) is 10.8. The van der Waals surface area contributed by atoms with E-state index in [0.717, 1.165) is 28.7 Å². The number of hydrogen-bond acceptors (Lipinski definition) is 1. The Balaban J connectivity index is 0.00000341. The van der Waals surface area contributed by atoms with Crippen molar-refractivity contribution in [3.63, 3.8) is 0 Å². The van der Waals surface area contributed by atoms with Gasteiger partial charge in [0.2, 0.25) is 0 Å². The van der Waals surface area contributed by atoms with E-state index in [1.165, 1.54) is 49.8 Å². The van der Waals surface area contributed by atoms with Crippen molar-refractivity contribution in [3.05, 3.63) is 70.8 Å². The molecule has 1 aliphatic carbocycles. The summed E-state index contributed by atoms with van der Waals surface area (Å²) in [4.78, 5) is 12.2. The smallest absolute Gasteiger partial charge is 0.416 e. The number of halogens is 4. The molecule has 2 aromatic rings. The van der Waals surface area contributed by atoms with Gasteiger partial charge in [-0.25, -0.2) is 0 Å². The molecule has 1 aliphatic rings. The molecule has 1 fully saturated rings. The van der Waals surface area contributed by atoms with Crippen molar-refractivity contribution in [2.45, 2.75) is 57.4 Å². The summed E-state index contributed by atoms with van der Waals surface area (Å²) in [7, 11) is 4.58. The number of carbonyl (C=O) groups is 1. The van der Waals surface area contributed by atoms with Gasteiger partial charge >= 0.3 is 6.18 Å². The van der Waals surface area contributed by atoms with Crippen LogP contribution in [0, 0.1) is 0 Å². The normalized spacial score (nSPS) is 15.3. The van der Waals surface area contributed by atoms with E-state index in [4.69, 9.17) is 0 Å². The van der Waals surface area contributed by atoms with Crippen LogP contribution in [0.25, 0.3) is 0 Å². The summed E-state index contributed by atoms with van der Waals surface area (Å²) in [6.45, 7) is 1.23. The molecule has 3 nitrogen and oxygen atoms in total. The summed E-state index contributed by atoms with van der Waals surface area (Å²) in [6.07, 6.45) is 2.08. The minimum atomic E-state index is -4.46. The standard InChI is InChI=1S/C24H29F3N2O.HI/c1-29(2,22-9-4-3-5-10-22)17-19-13-11-18(12-14-19)16-28-23(30)20-7-6-8-21(15-20)24(25,26)27;/h6-8,11-15,22H,3-5,9-10,16-17H2,1-2H3;1H. The van der Waals surface area contributed by atoms with Crippen LogP contribution in [-0.2, 0) is 19.3 Å². The highest BCUT2D eigenvalue weighted by Crippen LogP contribution is 2.30. The maximum Gasteiger partial charge on any atom is 0.416 e. The minimum Gasteiger partial charge on any atom is -1.00 e. The Hall–Kier alpha value is -1.61. The van der Waals surface area contributed by atoms with Gasteiger partial charge in [-0.2, -0.15) is 13.2 Å². The largest absolute Gasteiger partial charge is 1.00 e. The molecule has 1 amide bonds. The number of alkyl halides is 3. The summed E-state index contributed by atoms with van der Waals surface area (Å²) in [5, 5.41) is 2.70. The van der Waals surface area contributed by atoms with Crippen molar-refractivity contribution in [2.75, 3.05) is 14.1 Å². The fourth-order valence-electron chi connectivity index (χ4n) is 4.26. The zero-order valence-electron chi connectivity index (χ0n) is 18.0. The summed E-state index contributed by atoms with van der Waals surface area (Å²) in [5.41, 5.74) is 1.35. The lowest BCUT2D eigenvalue weighted by Gasteiger charge is -2.40. The highest BCUT2D eigenvalue weighted by molar-refractivity contribution is 5.94. The van der Waals surface area contributed by atoms with Crippen LogP contribution in [0.15, 0.2) is 48.5 Å². The molecule has 0 bridgehead atoms. The number of benzene rings is 2. The molecule has 0 heterocycles. The molecule has 31 heavy (non-hydrogen) atoms. The topological polar surface area (TPSA) is 29.1 Å². The second-order valence-electron chi connectivity index (χ2n) is 8.81. The molecule has 0 aliphatic heterocycles. The molecule has 1 saturated carbocycles. The van der Waals surface area contributed by atoms with Crippen LogP contribution in [-0.4, -0.2) is 30.5 Å². The molecule has 0 unspecified atom stereocenters. The molecule has 2 aromatic carbocycles. The van der Waals surface area contributed by atoms with Crippen LogP contribution < -0.4 is 29.3 Å². The fraction of sp³-hybridized carbons (Fsp3) is 0.458. The molecular weight excluding hydrogens is 516 g/mol. The number of nitrogens with zero attached hydrogens (tertiary/aromatic N) is 1. The molecule has 3 rings (SSSR count). The van der Waals surface area contributed by atoms with Crippen LogP contribution >= 0.6 is 0 Å². The number of rotatable bonds is 6. The first-order valence-corrected chi connectivity index (χ1v) is 10.5. The highest BCUT2D eigenvalue weighted by Gasteiger charge is 2.31. The van der Waals surface area contributed by atoms with Crippen molar-refractivity contribution in [2.24, 2.45) is 0 Å². The van der Waals surface area contributed by atoms with Gasteiger partial charge in [-0.05, 0) is 49.4 Å². The van der Waals surface area contributed by atoms with E-state index in [-0.39, 0.29) is 36.1 Å². The van der Waals surface area contributed by atoms with Crippen LogP contribution in [0.3, 0.4) is 0 Å². The fourth-order valence-corrected chi connectivity index (χ4v) is 4.26. The van der Waals surface area contributed by atoms with Gasteiger partial charge < -0.3 is 33.8 Å². The van der Waals surface area contributed by atoms with Gasteiger partial charge in [-0.15, -0.1) is 0 Å². The minimum absolute atomic E-state index is 0. The van der Waals surface area contributed by atoms with E-state index in [1.807, 2.05) is 12.1 Å². The van der Waals surface area contributed by atoms with Crippen molar-refractivity contribution in [1.82, 2.24) is 5.32 Å². The van der Waals surface area contributed by atoms with Crippen molar-refractivity contribution < 1.29 is 46.4 Å². The molecule has 0 saturated heterocycles. The zero-order chi connectivity index (χ0) is 21.8. The average Bonchev–Trinajstić information content (AvgIpc) is 2.73. The molecule has 1 N–H and O–H groups in total. The molecule has 0 atom stereocenters. The molecular formula is C24H30F3IN2O. The maximum absolute atomic E-state index is 12.8. The van der Waals surface area contributed by atoms with E-state index >= 15 is 0 Å². The summed E-state index contributed by atoms with van der Waals surface area (Å²) < 4.78 is 39.4. The third-order valence-electron chi connectivity index (χ3n) is 6.08. The third kappa shape index (κ3) is 7.20. The van der Waals surface area contributed by atoms with Gasteiger partial charge in [0.05, 0.1) is 25.7 Å². The number of carbonyl (C=O) groups excluding carboxylic acids is 1. The Morgan fingerprint density at radius 2 is 1.61 bits per heavy atom. The van der Waals surface area contributed by atoms with E-state index in [2.05, 4.69) is 31.5 Å². The predicted octanol–water partition coefficient (Wildman–Crippen LogP) is 2.55.